The van der Waals surface area contributed by atoms with Crippen LogP contribution in [0.3, 0.4) is 0 Å². The first-order valence-electron chi connectivity index (χ1n) is 8.39. The molecule has 0 aliphatic carbocycles. The smallest absolute Gasteiger partial charge is 0.233 e. The van der Waals surface area contributed by atoms with E-state index < -0.39 is 0 Å². The first-order valence-corrected chi connectivity index (χ1v) is 9.71. The number of rotatable bonds is 10. The Morgan fingerprint density at radius 2 is 1.96 bits per heavy atom. The van der Waals surface area contributed by atoms with Gasteiger partial charge in [-0.1, -0.05) is 47.6 Å². The zero-order valence-corrected chi connectivity index (χ0v) is 16.2. The van der Waals surface area contributed by atoms with Gasteiger partial charge in [0.2, 0.25) is 5.91 Å². The summed E-state index contributed by atoms with van der Waals surface area (Å²) < 4.78 is 5.77. The van der Waals surface area contributed by atoms with Crippen LogP contribution < -0.4 is 10.1 Å². The Hall–Kier alpha value is -1.98. The molecule has 2 rings (SSSR count). The van der Waals surface area contributed by atoms with Crippen LogP contribution in [0.25, 0.3) is 0 Å². The molecule has 0 bridgehead atoms. The van der Waals surface area contributed by atoms with E-state index >= 15 is 0 Å². The predicted molar refractivity (Wildman–Crippen MR) is 108 cm³/mol. The Morgan fingerprint density at radius 1 is 1.19 bits per heavy atom. The molecule has 0 aliphatic rings. The van der Waals surface area contributed by atoms with Gasteiger partial charge >= 0.3 is 0 Å². The number of halogens is 1. The molecule has 2 aromatic rings. The Bertz CT molecular complexity index is 721. The summed E-state index contributed by atoms with van der Waals surface area (Å²) >= 11 is 6.99. The molecule has 1 atom stereocenters. The molecule has 1 unspecified atom stereocenters. The lowest BCUT2D eigenvalue weighted by atomic mass is 10.1. The fourth-order valence-corrected chi connectivity index (χ4v) is 3.36. The maximum Gasteiger partial charge on any atom is 0.233 e. The maximum absolute atomic E-state index is 11.7. The number of thioether (sulfide) groups is 1. The van der Waals surface area contributed by atoms with Crippen molar-refractivity contribution in [3.63, 3.8) is 0 Å². The quantitative estimate of drug-likeness (QED) is 0.623. The van der Waals surface area contributed by atoms with Gasteiger partial charge in [0, 0.05) is 18.5 Å². The van der Waals surface area contributed by atoms with Gasteiger partial charge in [0.1, 0.15) is 5.75 Å². The van der Waals surface area contributed by atoms with Crippen LogP contribution in [-0.4, -0.2) is 30.4 Å². The highest BCUT2D eigenvalue weighted by Crippen LogP contribution is 2.18. The predicted octanol–water partition coefficient (Wildman–Crippen LogP) is 3.93. The first kappa shape index (κ1) is 20.3. The van der Waals surface area contributed by atoms with Crippen LogP contribution in [0, 0.1) is 0 Å². The molecule has 0 radical (unpaired) electrons. The van der Waals surface area contributed by atoms with Crippen LogP contribution in [0.2, 0.25) is 5.02 Å². The summed E-state index contributed by atoms with van der Waals surface area (Å²) in [6.07, 6.45) is 2.12. The lowest BCUT2D eigenvalue weighted by Crippen LogP contribution is -2.30. The number of hydrogen-bond donors (Lipinski definition) is 1. The fourth-order valence-electron chi connectivity index (χ4n) is 2.52. The molecule has 1 N–H and O–H groups in total. The van der Waals surface area contributed by atoms with E-state index in [1.807, 2.05) is 48.5 Å². The van der Waals surface area contributed by atoms with Crippen LogP contribution in [0.1, 0.15) is 17.5 Å². The largest absolute Gasteiger partial charge is 0.493 e. The van der Waals surface area contributed by atoms with Crippen molar-refractivity contribution in [1.29, 1.82) is 0 Å². The summed E-state index contributed by atoms with van der Waals surface area (Å²) in [5, 5.41) is 2.96. The number of amides is 1. The number of carbonyl (C=O) groups excluding carboxylic acids is 2. The van der Waals surface area contributed by atoms with Gasteiger partial charge < -0.3 is 10.1 Å². The second-order valence-corrected chi connectivity index (χ2v) is 7.22. The molecule has 6 heteroatoms. The van der Waals surface area contributed by atoms with Crippen molar-refractivity contribution >= 4 is 34.9 Å². The summed E-state index contributed by atoms with van der Waals surface area (Å²) in [5.41, 5.74) is 2.96. The number of aryl methyl sites for hydroxylation is 1. The molecular weight excluding hydrogens is 370 g/mol. The van der Waals surface area contributed by atoms with Gasteiger partial charge in [-0.3, -0.25) is 9.59 Å². The molecule has 0 heterocycles. The van der Waals surface area contributed by atoms with E-state index in [-0.39, 0.29) is 11.2 Å². The Labute approximate surface area is 163 Å². The molecule has 4 nitrogen and oxygen atoms in total. The normalized spacial score (nSPS) is 11.6. The molecule has 0 saturated heterocycles. The van der Waals surface area contributed by atoms with Crippen molar-refractivity contribution in [3.05, 3.63) is 64.7 Å². The van der Waals surface area contributed by atoms with E-state index in [1.54, 1.807) is 7.05 Å². The van der Waals surface area contributed by atoms with Gasteiger partial charge in [-0.15, -0.1) is 0 Å². The highest BCUT2D eigenvalue weighted by Gasteiger charge is 2.17. The van der Waals surface area contributed by atoms with Crippen molar-refractivity contribution in [2.24, 2.45) is 0 Å². The minimum atomic E-state index is -0.355. The topological polar surface area (TPSA) is 55.4 Å². The molecule has 138 valence electrons. The molecule has 0 aliphatic heterocycles. The first-order chi connectivity index (χ1) is 12.6. The zero-order chi connectivity index (χ0) is 18.8. The van der Waals surface area contributed by atoms with E-state index in [0.717, 1.165) is 52.1 Å². The molecule has 26 heavy (non-hydrogen) atoms. The Balaban J connectivity index is 1.80. The van der Waals surface area contributed by atoms with E-state index in [2.05, 4.69) is 5.32 Å². The van der Waals surface area contributed by atoms with Crippen LogP contribution in [-0.2, 0) is 22.4 Å². The summed E-state index contributed by atoms with van der Waals surface area (Å²) in [5.74, 6) is 0.684. The van der Waals surface area contributed by atoms with Crippen molar-refractivity contribution in [2.45, 2.75) is 24.5 Å². The molecule has 2 aromatic carbocycles. The lowest BCUT2D eigenvalue weighted by molar-refractivity contribution is -0.120. The summed E-state index contributed by atoms with van der Waals surface area (Å²) in [4.78, 5) is 22.4. The fraction of sp³-hybridized carbons (Fsp3) is 0.300. The Kier molecular flexibility index (Phi) is 8.51. The van der Waals surface area contributed by atoms with Gasteiger partial charge in [-0.05, 0) is 48.2 Å². The van der Waals surface area contributed by atoms with Gasteiger partial charge in [0.05, 0.1) is 11.9 Å². The molecule has 0 aromatic heterocycles. The van der Waals surface area contributed by atoms with Gasteiger partial charge in [0.15, 0.2) is 5.62 Å². The number of ether oxygens (including phenoxy) is 1. The monoisotopic (exact) mass is 391 g/mol. The average molecular weight is 392 g/mol. The third-order valence-electron chi connectivity index (χ3n) is 3.93. The van der Waals surface area contributed by atoms with Crippen molar-refractivity contribution in [3.8, 4) is 5.75 Å². The molecule has 0 spiro atoms. The third-order valence-corrected chi connectivity index (χ3v) is 5.05. The summed E-state index contributed by atoms with van der Waals surface area (Å²) in [6, 6.07) is 15.6. The van der Waals surface area contributed by atoms with E-state index in [0.29, 0.717) is 13.0 Å². The number of benzene rings is 2. The lowest BCUT2D eigenvalue weighted by Gasteiger charge is -2.12. The van der Waals surface area contributed by atoms with Crippen LogP contribution in [0.15, 0.2) is 48.5 Å². The van der Waals surface area contributed by atoms with E-state index in [1.165, 1.54) is 0 Å². The summed E-state index contributed by atoms with van der Waals surface area (Å²) in [6.45, 7) is 0.578. The second kappa shape index (κ2) is 10.9. The van der Waals surface area contributed by atoms with Crippen LogP contribution in [0.5, 0.6) is 5.75 Å². The van der Waals surface area contributed by atoms with E-state index in [9.17, 15) is 9.59 Å². The minimum Gasteiger partial charge on any atom is -0.493 e. The van der Waals surface area contributed by atoms with Crippen LogP contribution >= 0.6 is 23.4 Å². The maximum atomic E-state index is 11.7. The van der Waals surface area contributed by atoms with E-state index in [4.69, 9.17) is 16.3 Å². The SMILES string of the molecule is CNC(=O)C(CCc1ccc(OCCc2cccc(Cl)c2)cc1)SC=O. The highest BCUT2D eigenvalue weighted by molar-refractivity contribution is 8.13. The third kappa shape index (κ3) is 6.73. The molecular formula is C20H22ClNO3S. The average Bonchev–Trinajstić information content (AvgIpc) is 2.65. The van der Waals surface area contributed by atoms with Crippen molar-refractivity contribution in [1.82, 2.24) is 5.32 Å². The molecule has 1 amide bonds. The zero-order valence-electron chi connectivity index (χ0n) is 14.6. The molecule has 0 saturated carbocycles. The van der Waals surface area contributed by atoms with Gasteiger partial charge in [-0.25, -0.2) is 0 Å². The van der Waals surface area contributed by atoms with Crippen molar-refractivity contribution < 1.29 is 14.3 Å². The number of nitrogens with one attached hydrogen (secondary N) is 1. The van der Waals surface area contributed by atoms with Crippen molar-refractivity contribution in [2.75, 3.05) is 13.7 Å². The highest BCUT2D eigenvalue weighted by atomic mass is 35.5. The second-order valence-electron chi connectivity index (χ2n) is 5.75. The van der Waals surface area contributed by atoms with Crippen LogP contribution in [0.4, 0.5) is 0 Å². The Morgan fingerprint density at radius 3 is 2.62 bits per heavy atom. The number of carbonyl (C=O) groups is 2. The number of hydrogen-bond acceptors (Lipinski definition) is 4. The van der Waals surface area contributed by atoms with Gasteiger partial charge in [-0.2, -0.15) is 0 Å². The minimum absolute atomic E-state index is 0.122. The molecule has 0 fully saturated rings. The summed E-state index contributed by atoms with van der Waals surface area (Å²) in [7, 11) is 1.58. The standard InChI is InChI=1S/C20H22ClNO3S/c1-22-20(24)19(26-14-23)10-7-15-5-8-18(9-6-15)25-12-11-16-3-2-4-17(21)13-16/h2-6,8-9,13-14,19H,7,10-12H2,1H3,(H,22,24). The van der Waals surface area contributed by atoms with Gasteiger partial charge in [0.25, 0.3) is 0 Å².